The molecule has 1 aromatic carbocycles. The number of likely N-dealkylation sites (N-methyl/N-ethyl adjacent to an activating group) is 1. The average Bonchev–Trinajstić information content (AvgIpc) is 2.97. The molecular weight excluding hydrogens is 326 g/mol. The number of hydrogen-bond donors (Lipinski definition) is 1. The molecule has 0 atom stereocenters. The van der Waals surface area contributed by atoms with Gasteiger partial charge in [-0.1, -0.05) is 12.1 Å². The number of carbonyl (C=O) groups excluding carboxylic acids is 1. The van der Waals surface area contributed by atoms with Gasteiger partial charge in [0.25, 0.3) is 5.91 Å². The number of primary amides is 1. The number of carbonyl (C=O) groups is 1. The molecule has 0 spiro atoms. The summed E-state index contributed by atoms with van der Waals surface area (Å²) in [6, 6.07) is 12.0. The molecule has 1 aliphatic rings. The topological polar surface area (TPSA) is 66.9 Å². The van der Waals surface area contributed by atoms with Crippen LogP contribution in [0.25, 0.3) is 16.9 Å². The van der Waals surface area contributed by atoms with Crippen LogP contribution in [-0.2, 0) is 0 Å². The Morgan fingerprint density at radius 2 is 1.88 bits per heavy atom. The van der Waals surface area contributed by atoms with Crippen LogP contribution in [0.2, 0.25) is 0 Å². The zero-order valence-electron chi connectivity index (χ0n) is 14.9. The van der Waals surface area contributed by atoms with Crippen molar-refractivity contribution in [3.05, 3.63) is 54.4 Å². The smallest absolute Gasteiger partial charge is 0.252 e. The van der Waals surface area contributed by atoms with Crippen molar-refractivity contribution in [2.45, 2.75) is 6.42 Å². The quantitative estimate of drug-likeness (QED) is 0.787. The summed E-state index contributed by atoms with van der Waals surface area (Å²) in [5.74, 6) is -0.464. The highest BCUT2D eigenvalue weighted by Crippen LogP contribution is 2.24. The first-order valence-electron chi connectivity index (χ1n) is 8.93. The molecule has 6 nitrogen and oxygen atoms in total. The summed E-state index contributed by atoms with van der Waals surface area (Å²) >= 11 is 0. The summed E-state index contributed by atoms with van der Waals surface area (Å²) in [6.07, 6.45) is 4.98. The SMILES string of the molecule is CN1CCCN(c2ccc(-c3cn4cccc(C(N)=O)c4n3)cc2)CC1. The van der Waals surface area contributed by atoms with Crippen LogP contribution in [-0.4, -0.2) is 53.4 Å². The molecule has 0 bridgehead atoms. The summed E-state index contributed by atoms with van der Waals surface area (Å²) < 4.78 is 1.84. The zero-order valence-corrected chi connectivity index (χ0v) is 14.9. The molecule has 2 N–H and O–H groups in total. The molecule has 1 saturated heterocycles. The van der Waals surface area contributed by atoms with E-state index in [1.807, 2.05) is 16.8 Å². The van der Waals surface area contributed by atoms with Gasteiger partial charge in [0, 0.05) is 43.3 Å². The maximum atomic E-state index is 11.6. The molecule has 3 aromatic rings. The second-order valence-electron chi connectivity index (χ2n) is 6.83. The molecule has 0 radical (unpaired) electrons. The van der Waals surface area contributed by atoms with E-state index in [-0.39, 0.29) is 0 Å². The van der Waals surface area contributed by atoms with Crippen molar-refractivity contribution >= 4 is 17.2 Å². The van der Waals surface area contributed by atoms with Crippen LogP contribution in [0.4, 0.5) is 5.69 Å². The lowest BCUT2D eigenvalue weighted by atomic mass is 10.1. The van der Waals surface area contributed by atoms with Crippen molar-refractivity contribution in [2.75, 3.05) is 38.1 Å². The lowest BCUT2D eigenvalue weighted by molar-refractivity contribution is 0.100. The van der Waals surface area contributed by atoms with Crippen LogP contribution >= 0.6 is 0 Å². The minimum absolute atomic E-state index is 0.434. The van der Waals surface area contributed by atoms with Gasteiger partial charge in [-0.15, -0.1) is 0 Å². The Morgan fingerprint density at radius 1 is 1.08 bits per heavy atom. The lowest BCUT2D eigenvalue weighted by Crippen LogP contribution is -2.28. The van der Waals surface area contributed by atoms with Gasteiger partial charge in [-0.25, -0.2) is 4.98 Å². The molecule has 6 heteroatoms. The number of nitrogens with two attached hydrogens (primary N) is 1. The van der Waals surface area contributed by atoms with Gasteiger partial charge in [0.05, 0.1) is 11.3 Å². The van der Waals surface area contributed by atoms with Crippen molar-refractivity contribution in [1.29, 1.82) is 0 Å². The minimum atomic E-state index is -0.464. The normalized spacial score (nSPS) is 16.0. The number of hydrogen-bond acceptors (Lipinski definition) is 4. The van der Waals surface area contributed by atoms with Gasteiger partial charge in [-0.05, 0) is 44.3 Å². The molecule has 1 amide bonds. The number of nitrogens with zero attached hydrogens (tertiary/aromatic N) is 4. The lowest BCUT2D eigenvalue weighted by Gasteiger charge is -2.22. The largest absolute Gasteiger partial charge is 0.370 e. The van der Waals surface area contributed by atoms with Crippen LogP contribution in [0, 0.1) is 0 Å². The Hall–Kier alpha value is -2.86. The molecule has 3 heterocycles. The number of aromatic nitrogens is 2. The number of imidazole rings is 1. The molecule has 0 aliphatic carbocycles. The second-order valence-corrected chi connectivity index (χ2v) is 6.83. The van der Waals surface area contributed by atoms with Gasteiger partial charge in [0.15, 0.2) is 0 Å². The average molecular weight is 349 g/mol. The Kier molecular flexibility index (Phi) is 4.34. The molecular formula is C20H23N5O. The maximum absolute atomic E-state index is 11.6. The molecule has 26 heavy (non-hydrogen) atoms. The fourth-order valence-electron chi connectivity index (χ4n) is 3.49. The van der Waals surface area contributed by atoms with E-state index >= 15 is 0 Å². The van der Waals surface area contributed by atoms with E-state index in [0.717, 1.165) is 37.4 Å². The van der Waals surface area contributed by atoms with Crippen LogP contribution in [0.15, 0.2) is 48.8 Å². The number of fused-ring (bicyclic) bond motifs is 1. The number of amides is 1. The summed E-state index contributed by atoms with van der Waals surface area (Å²) in [4.78, 5) is 21.0. The molecule has 1 fully saturated rings. The number of benzene rings is 1. The monoisotopic (exact) mass is 349 g/mol. The van der Waals surface area contributed by atoms with E-state index in [0.29, 0.717) is 11.2 Å². The summed E-state index contributed by atoms with van der Waals surface area (Å²) in [6.45, 7) is 4.37. The first-order chi connectivity index (χ1) is 12.6. The molecule has 1 aliphatic heterocycles. The van der Waals surface area contributed by atoms with E-state index in [1.165, 1.54) is 12.1 Å². The highest BCUT2D eigenvalue weighted by Gasteiger charge is 2.14. The van der Waals surface area contributed by atoms with Crippen molar-refractivity contribution in [1.82, 2.24) is 14.3 Å². The van der Waals surface area contributed by atoms with E-state index < -0.39 is 5.91 Å². The highest BCUT2D eigenvalue weighted by molar-refractivity contribution is 5.98. The number of rotatable bonds is 3. The van der Waals surface area contributed by atoms with Crippen molar-refractivity contribution < 1.29 is 4.79 Å². The third kappa shape index (κ3) is 3.15. The van der Waals surface area contributed by atoms with E-state index in [9.17, 15) is 4.79 Å². The first-order valence-corrected chi connectivity index (χ1v) is 8.93. The second kappa shape index (κ2) is 6.80. The third-order valence-corrected chi connectivity index (χ3v) is 5.00. The number of pyridine rings is 1. The molecule has 4 rings (SSSR count). The minimum Gasteiger partial charge on any atom is -0.370 e. The molecule has 0 saturated carbocycles. The fraction of sp³-hybridized carbons (Fsp3) is 0.300. The number of anilines is 1. The van der Waals surface area contributed by atoms with Gasteiger partial charge in [-0.2, -0.15) is 0 Å². The third-order valence-electron chi connectivity index (χ3n) is 5.00. The zero-order chi connectivity index (χ0) is 18.1. The standard InChI is InChI=1S/C20H23N5O/c1-23-9-3-11-24(13-12-23)16-7-5-15(6-8-16)18-14-25-10-2-4-17(19(21)26)20(25)22-18/h2,4-8,10,14H,3,9,11-13H2,1H3,(H2,21,26). The summed E-state index contributed by atoms with van der Waals surface area (Å²) in [5.41, 5.74) is 9.58. The van der Waals surface area contributed by atoms with Gasteiger partial charge in [-0.3, -0.25) is 4.79 Å². The van der Waals surface area contributed by atoms with E-state index in [4.69, 9.17) is 5.73 Å². The maximum Gasteiger partial charge on any atom is 0.252 e. The predicted molar refractivity (Wildman–Crippen MR) is 103 cm³/mol. The molecule has 2 aromatic heterocycles. The highest BCUT2D eigenvalue weighted by atomic mass is 16.1. The van der Waals surface area contributed by atoms with E-state index in [2.05, 4.69) is 46.1 Å². The van der Waals surface area contributed by atoms with Crippen molar-refractivity contribution in [2.24, 2.45) is 5.73 Å². The Bertz CT molecular complexity index is 931. The van der Waals surface area contributed by atoms with Crippen LogP contribution < -0.4 is 10.6 Å². The summed E-state index contributed by atoms with van der Waals surface area (Å²) in [5, 5.41) is 0. The van der Waals surface area contributed by atoms with Crippen molar-refractivity contribution in [3.63, 3.8) is 0 Å². The first kappa shape index (κ1) is 16.6. The van der Waals surface area contributed by atoms with Crippen LogP contribution in [0.5, 0.6) is 0 Å². The van der Waals surface area contributed by atoms with Crippen LogP contribution in [0.3, 0.4) is 0 Å². The van der Waals surface area contributed by atoms with Gasteiger partial charge in [0.2, 0.25) is 0 Å². The van der Waals surface area contributed by atoms with Gasteiger partial charge < -0.3 is 19.9 Å². The van der Waals surface area contributed by atoms with E-state index in [1.54, 1.807) is 12.1 Å². The Morgan fingerprint density at radius 3 is 2.65 bits per heavy atom. The Balaban J connectivity index is 1.62. The molecule has 134 valence electrons. The fourth-order valence-corrected chi connectivity index (χ4v) is 3.49. The summed E-state index contributed by atoms with van der Waals surface area (Å²) in [7, 11) is 2.18. The van der Waals surface area contributed by atoms with Crippen LogP contribution in [0.1, 0.15) is 16.8 Å². The van der Waals surface area contributed by atoms with Gasteiger partial charge in [0.1, 0.15) is 5.65 Å². The van der Waals surface area contributed by atoms with Gasteiger partial charge >= 0.3 is 0 Å². The Labute approximate surface area is 152 Å². The molecule has 0 unspecified atom stereocenters. The predicted octanol–water partition coefficient (Wildman–Crippen LogP) is 2.24. The van der Waals surface area contributed by atoms with Crippen molar-refractivity contribution in [3.8, 4) is 11.3 Å².